The van der Waals surface area contributed by atoms with Crippen LogP contribution in [0, 0.1) is 18.3 Å². The summed E-state index contributed by atoms with van der Waals surface area (Å²) in [6.45, 7) is 2.78. The normalized spacial score (nSPS) is 11.3. The molecule has 0 unspecified atom stereocenters. The summed E-state index contributed by atoms with van der Waals surface area (Å²) in [4.78, 5) is 25.6. The third-order valence-corrected chi connectivity index (χ3v) is 4.85. The van der Waals surface area contributed by atoms with Crippen molar-refractivity contribution in [2.45, 2.75) is 13.3 Å². The van der Waals surface area contributed by atoms with Crippen LogP contribution in [0.25, 0.3) is 11.6 Å². The summed E-state index contributed by atoms with van der Waals surface area (Å²) < 4.78 is 6.77. The number of pyridine rings is 1. The van der Waals surface area contributed by atoms with E-state index < -0.39 is 5.91 Å². The number of benzene rings is 1. The third-order valence-electron chi connectivity index (χ3n) is 4.85. The maximum absolute atomic E-state index is 13.2. The predicted molar refractivity (Wildman–Crippen MR) is 115 cm³/mol. The summed E-state index contributed by atoms with van der Waals surface area (Å²) in [5.74, 6) is -0.560. The molecular formula is C24H23N3O3. The van der Waals surface area contributed by atoms with Gasteiger partial charge >= 0.3 is 0 Å². The number of ketones is 1. The number of methoxy groups -OCH3 is 1. The molecule has 2 aromatic heterocycles. The number of fused-ring (bicyclic) bond motifs is 1. The van der Waals surface area contributed by atoms with Gasteiger partial charge in [0.05, 0.1) is 11.2 Å². The maximum atomic E-state index is 13.2. The minimum atomic E-state index is -0.445. The van der Waals surface area contributed by atoms with E-state index in [1.54, 1.807) is 25.3 Å². The van der Waals surface area contributed by atoms with Crippen LogP contribution in [0.15, 0.2) is 60.3 Å². The zero-order valence-corrected chi connectivity index (χ0v) is 17.0. The van der Waals surface area contributed by atoms with Crippen LogP contribution >= 0.6 is 0 Å². The van der Waals surface area contributed by atoms with Gasteiger partial charge in [0.15, 0.2) is 0 Å². The first kappa shape index (κ1) is 21.0. The fourth-order valence-corrected chi connectivity index (χ4v) is 3.35. The Kier molecular flexibility index (Phi) is 6.79. The van der Waals surface area contributed by atoms with Gasteiger partial charge in [0, 0.05) is 37.6 Å². The van der Waals surface area contributed by atoms with Crippen LogP contribution in [0.4, 0.5) is 0 Å². The lowest BCUT2D eigenvalue weighted by atomic mass is 10.0. The second kappa shape index (κ2) is 9.68. The number of aromatic nitrogens is 1. The lowest BCUT2D eigenvalue weighted by Gasteiger charge is -2.04. The molecule has 30 heavy (non-hydrogen) atoms. The number of carbonyl (C=O) groups is 2. The van der Waals surface area contributed by atoms with Crippen LogP contribution in [-0.2, 0) is 9.53 Å². The van der Waals surface area contributed by atoms with Gasteiger partial charge in [0.2, 0.25) is 5.78 Å². The van der Waals surface area contributed by atoms with Crippen LogP contribution in [0.2, 0.25) is 0 Å². The number of nitrogens with one attached hydrogen (secondary N) is 1. The number of amides is 1. The van der Waals surface area contributed by atoms with Crippen molar-refractivity contribution in [3.63, 3.8) is 0 Å². The van der Waals surface area contributed by atoms with E-state index in [0.717, 1.165) is 11.1 Å². The van der Waals surface area contributed by atoms with Crippen molar-refractivity contribution in [3.05, 3.63) is 82.7 Å². The van der Waals surface area contributed by atoms with Gasteiger partial charge in [-0.05, 0) is 37.1 Å². The number of carbonyl (C=O) groups excluding carboxylic acids is 2. The van der Waals surface area contributed by atoms with Crippen LogP contribution in [0.5, 0.6) is 0 Å². The van der Waals surface area contributed by atoms with E-state index in [1.807, 2.05) is 60.0 Å². The molecule has 6 nitrogen and oxygen atoms in total. The van der Waals surface area contributed by atoms with Crippen LogP contribution < -0.4 is 5.32 Å². The molecule has 0 spiro atoms. The highest BCUT2D eigenvalue weighted by molar-refractivity contribution is 6.11. The molecule has 1 aromatic carbocycles. The van der Waals surface area contributed by atoms with Gasteiger partial charge < -0.3 is 14.5 Å². The molecule has 2 heterocycles. The van der Waals surface area contributed by atoms with E-state index >= 15 is 0 Å². The summed E-state index contributed by atoms with van der Waals surface area (Å²) >= 11 is 0. The number of hydrogen-bond acceptors (Lipinski definition) is 4. The average Bonchev–Trinajstić information content (AvgIpc) is 3.06. The van der Waals surface area contributed by atoms with Crippen molar-refractivity contribution < 1.29 is 14.3 Å². The molecule has 152 valence electrons. The highest BCUT2D eigenvalue weighted by Gasteiger charge is 2.21. The Bertz CT molecular complexity index is 1140. The summed E-state index contributed by atoms with van der Waals surface area (Å²) in [5, 5.41) is 12.3. The van der Waals surface area contributed by atoms with E-state index in [-0.39, 0.29) is 11.4 Å². The quantitative estimate of drug-likeness (QED) is 0.271. The highest BCUT2D eigenvalue weighted by atomic mass is 16.5. The topological polar surface area (TPSA) is 83.6 Å². The molecule has 0 aliphatic rings. The molecule has 0 aliphatic heterocycles. The van der Waals surface area contributed by atoms with Gasteiger partial charge in [0.1, 0.15) is 11.6 Å². The average molecular weight is 401 g/mol. The summed E-state index contributed by atoms with van der Waals surface area (Å²) in [5.41, 5.74) is 3.24. The Morgan fingerprint density at radius 2 is 1.90 bits per heavy atom. The molecule has 0 saturated carbocycles. The SMILES string of the molecule is COCCCNC(=O)/C(C#N)=C/c1c(C)c(C(=O)c2ccccc2)n2ccccc12. The Hall–Kier alpha value is -3.69. The van der Waals surface area contributed by atoms with E-state index in [9.17, 15) is 14.9 Å². The monoisotopic (exact) mass is 401 g/mol. The molecule has 3 aromatic rings. The van der Waals surface area contributed by atoms with Crippen molar-refractivity contribution in [2.75, 3.05) is 20.3 Å². The molecule has 1 N–H and O–H groups in total. The third kappa shape index (κ3) is 4.32. The number of ether oxygens (including phenoxy) is 1. The van der Waals surface area contributed by atoms with Gasteiger partial charge in [-0.3, -0.25) is 9.59 Å². The molecule has 0 radical (unpaired) electrons. The van der Waals surface area contributed by atoms with E-state index in [4.69, 9.17) is 4.74 Å². The zero-order chi connectivity index (χ0) is 21.5. The molecule has 3 rings (SSSR count). The summed E-state index contributed by atoms with van der Waals surface area (Å²) in [6.07, 6.45) is 4.02. The van der Waals surface area contributed by atoms with E-state index in [0.29, 0.717) is 36.4 Å². The zero-order valence-electron chi connectivity index (χ0n) is 17.0. The number of rotatable bonds is 8. The van der Waals surface area contributed by atoms with Gasteiger partial charge in [-0.25, -0.2) is 0 Å². The van der Waals surface area contributed by atoms with Crippen LogP contribution in [0.1, 0.15) is 33.6 Å². The first-order valence-electron chi connectivity index (χ1n) is 9.66. The smallest absolute Gasteiger partial charge is 0.261 e. The Morgan fingerprint density at radius 1 is 1.17 bits per heavy atom. The Morgan fingerprint density at radius 3 is 2.60 bits per heavy atom. The molecule has 0 atom stereocenters. The number of hydrogen-bond donors (Lipinski definition) is 1. The van der Waals surface area contributed by atoms with Gasteiger partial charge in [0.25, 0.3) is 5.91 Å². The highest BCUT2D eigenvalue weighted by Crippen LogP contribution is 2.27. The Balaban J connectivity index is 2.03. The number of nitrogens with zero attached hydrogens (tertiary/aromatic N) is 2. The summed E-state index contributed by atoms with van der Waals surface area (Å²) in [6, 6.07) is 16.6. The van der Waals surface area contributed by atoms with Crippen molar-refractivity contribution in [3.8, 4) is 6.07 Å². The first-order chi connectivity index (χ1) is 14.6. The van der Waals surface area contributed by atoms with Crippen molar-refractivity contribution in [1.29, 1.82) is 5.26 Å². The summed E-state index contributed by atoms with van der Waals surface area (Å²) in [7, 11) is 1.59. The van der Waals surface area contributed by atoms with Crippen molar-refractivity contribution >= 4 is 23.3 Å². The second-order valence-electron chi connectivity index (χ2n) is 6.81. The second-order valence-corrected chi connectivity index (χ2v) is 6.81. The maximum Gasteiger partial charge on any atom is 0.261 e. The molecular weight excluding hydrogens is 378 g/mol. The minimum absolute atomic E-state index is 0.00872. The van der Waals surface area contributed by atoms with E-state index in [2.05, 4.69) is 5.32 Å². The first-order valence-corrected chi connectivity index (χ1v) is 9.66. The van der Waals surface area contributed by atoms with Crippen LogP contribution in [-0.4, -0.2) is 36.4 Å². The van der Waals surface area contributed by atoms with E-state index in [1.165, 1.54) is 0 Å². The van der Waals surface area contributed by atoms with Gasteiger partial charge in [-0.2, -0.15) is 5.26 Å². The molecule has 0 aliphatic carbocycles. The number of nitriles is 1. The van der Waals surface area contributed by atoms with Crippen molar-refractivity contribution in [2.24, 2.45) is 0 Å². The lowest BCUT2D eigenvalue weighted by molar-refractivity contribution is -0.117. The van der Waals surface area contributed by atoms with Crippen LogP contribution in [0.3, 0.4) is 0 Å². The minimum Gasteiger partial charge on any atom is -0.385 e. The van der Waals surface area contributed by atoms with Gasteiger partial charge in [-0.1, -0.05) is 36.4 Å². The molecule has 0 fully saturated rings. The van der Waals surface area contributed by atoms with Gasteiger partial charge in [-0.15, -0.1) is 0 Å². The Labute approximate surface area is 175 Å². The fourth-order valence-electron chi connectivity index (χ4n) is 3.35. The lowest BCUT2D eigenvalue weighted by Crippen LogP contribution is -2.26. The molecule has 0 bridgehead atoms. The largest absolute Gasteiger partial charge is 0.385 e. The standard InChI is InChI=1S/C24H23N3O3/c1-17-20(15-19(16-25)24(29)26-12-8-14-30-2)21-11-6-7-13-27(21)22(17)23(28)18-9-4-3-5-10-18/h3-7,9-11,13,15H,8,12,14H2,1-2H3,(H,26,29)/b19-15+. The predicted octanol–water partition coefficient (Wildman–Crippen LogP) is 3.54. The molecule has 1 amide bonds. The molecule has 6 heteroatoms. The van der Waals surface area contributed by atoms with Crippen molar-refractivity contribution in [1.82, 2.24) is 9.72 Å². The fraction of sp³-hybridized carbons (Fsp3) is 0.208. The molecule has 0 saturated heterocycles.